The van der Waals surface area contributed by atoms with Crippen LogP contribution in [0.4, 0.5) is 0 Å². The van der Waals surface area contributed by atoms with E-state index in [1.165, 1.54) is 0 Å². The largest absolute Gasteiger partial charge is 0.497 e. The normalized spacial score (nSPS) is 11.3. The Kier molecular flexibility index (Phi) is 6.03. The second-order valence-corrected chi connectivity index (χ2v) is 7.69. The monoisotopic (exact) mass is 394 g/mol. The number of amides is 1. The number of ether oxygens (including phenoxy) is 2. The van der Waals surface area contributed by atoms with E-state index in [2.05, 4.69) is 10.3 Å². The molecule has 0 spiro atoms. The van der Waals surface area contributed by atoms with E-state index in [1.54, 1.807) is 19.4 Å². The van der Waals surface area contributed by atoms with Gasteiger partial charge in [-0.15, -0.1) is 0 Å². The summed E-state index contributed by atoms with van der Waals surface area (Å²) in [5.41, 5.74) is 2.82. The maximum absolute atomic E-state index is 12.2. The molecule has 0 fully saturated rings. The van der Waals surface area contributed by atoms with Gasteiger partial charge in [0.2, 0.25) is 0 Å². The molecule has 3 rings (SSSR count). The van der Waals surface area contributed by atoms with E-state index in [1.807, 2.05) is 57.2 Å². The number of methoxy groups -OCH3 is 1. The highest BCUT2D eigenvalue weighted by molar-refractivity contribution is 6.01. The highest BCUT2D eigenvalue weighted by atomic mass is 16.5. The standard InChI is InChI=1S/C23H26N2O4/c1-23(2,3)29-18-7-5-15(6-8-18)20-13-19(28-4)12-16-11-17(14-25-21(16)20)22(27)24-9-10-26/h5-8,11-14,26H,9-10H2,1-4H3,(H,24,27). The zero-order valence-corrected chi connectivity index (χ0v) is 17.2. The van der Waals surface area contributed by atoms with Crippen LogP contribution in [0.1, 0.15) is 31.1 Å². The van der Waals surface area contributed by atoms with Gasteiger partial charge in [-0.2, -0.15) is 0 Å². The minimum absolute atomic E-state index is 0.111. The van der Waals surface area contributed by atoms with Crippen LogP contribution < -0.4 is 14.8 Å². The topological polar surface area (TPSA) is 80.7 Å². The number of rotatable bonds is 6. The molecule has 1 amide bonds. The first-order chi connectivity index (χ1) is 13.8. The molecule has 0 aliphatic heterocycles. The summed E-state index contributed by atoms with van der Waals surface area (Å²) in [7, 11) is 1.61. The summed E-state index contributed by atoms with van der Waals surface area (Å²) in [6, 6.07) is 13.4. The van der Waals surface area contributed by atoms with Crippen LogP contribution >= 0.6 is 0 Å². The molecule has 0 radical (unpaired) electrons. The Morgan fingerprint density at radius 2 is 1.83 bits per heavy atom. The number of carbonyl (C=O) groups is 1. The number of carbonyl (C=O) groups excluding carboxylic acids is 1. The van der Waals surface area contributed by atoms with Crippen molar-refractivity contribution in [2.75, 3.05) is 20.3 Å². The molecule has 29 heavy (non-hydrogen) atoms. The molecule has 2 aromatic carbocycles. The molecule has 2 N–H and O–H groups in total. The minimum atomic E-state index is -0.276. The Bertz CT molecular complexity index is 1010. The summed E-state index contributed by atoms with van der Waals surface area (Å²) in [4.78, 5) is 16.7. The third-order valence-electron chi connectivity index (χ3n) is 4.24. The van der Waals surface area contributed by atoms with Crippen LogP contribution in [0.3, 0.4) is 0 Å². The number of hydrogen-bond donors (Lipinski definition) is 2. The predicted octanol–water partition coefficient (Wildman–Crippen LogP) is 3.81. The summed E-state index contributed by atoms with van der Waals surface area (Å²) in [6.07, 6.45) is 1.54. The molecule has 0 aliphatic carbocycles. The molecule has 6 heteroatoms. The number of nitrogens with zero attached hydrogens (tertiary/aromatic N) is 1. The van der Waals surface area contributed by atoms with Gasteiger partial charge >= 0.3 is 0 Å². The van der Waals surface area contributed by atoms with Gasteiger partial charge < -0.3 is 19.9 Å². The molecule has 6 nitrogen and oxygen atoms in total. The second-order valence-electron chi connectivity index (χ2n) is 7.69. The van der Waals surface area contributed by atoms with Crippen LogP contribution in [0.5, 0.6) is 11.5 Å². The van der Waals surface area contributed by atoms with Gasteiger partial charge in [0, 0.05) is 23.7 Å². The molecular weight excluding hydrogens is 368 g/mol. The Labute approximate surface area is 170 Å². The molecule has 0 saturated heterocycles. The van der Waals surface area contributed by atoms with Crippen molar-refractivity contribution < 1.29 is 19.4 Å². The Morgan fingerprint density at radius 1 is 1.10 bits per heavy atom. The van der Waals surface area contributed by atoms with Crippen LogP contribution in [0, 0.1) is 0 Å². The van der Waals surface area contributed by atoms with Crippen molar-refractivity contribution in [1.82, 2.24) is 10.3 Å². The summed E-state index contributed by atoms with van der Waals surface area (Å²) in [6.45, 7) is 6.11. The van der Waals surface area contributed by atoms with Crippen molar-refractivity contribution in [2.45, 2.75) is 26.4 Å². The van der Waals surface area contributed by atoms with Crippen molar-refractivity contribution in [3.05, 3.63) is 54.2 Å². The fraction of sp³-hybridized carbons (Fsp3) is 0.304. The lowest BCUT2D eigenvalue weighted by Crippen LogP contribution is -2.26. The number of aliphatic hydroxyl groups excluding tert-OH is 1. The number of aromatic nitrogens is 1. The Morgan fingerprint density at radius 3 is 2.45 bits per heavy atom. The van der Waals surface area contributed by atoms with Crippen LogP contribution in [-0.4, -0.2) is 41.9 Å². The number of aliphatic hydroxyl groups is 1. The number of benzene rings is 2. The first kappa shape index (κ1) is 20.6. The Balaban J connectivity index is 2.02. The highest BCUT2D eigenvalue weighted by Crippen LogP contribution is 2.33. The quantitative estimate of drug-likeness (QED) is 0.665. The number of pyridine rings is 1. The maximum atomic E-state index is 12.2. The van der Waals surface area contributed by atoms with Crippen LogP contribution in [-0.2, 0) is 0 Å². The van der Waals surface area contributed by atoms with Crippen LogP contribution in [0.25, 0.3) is 22.0 Å². The zero-order chi connectivity index (χ0) is 21.0. The van der Waals surface area contributed by atoms with E-state index < -0.39 is 0 Å². The Hall–Kier alpha value is -3.12. The van der Waals surface area contributed by atoms with E-state index in [-0.39, 0.29) is 24.7 Å². The average Bonchev–Trinajstić information content (AvgIpc) is 2.70. The van der Waals surface area contributed by atoms with Crippen molar-refractivity contribution in [3.63, 3.8) is 0 Å². The first-order valence-electron chi connectivity index (χ1n) is 9.47. The molecule has 0 aliphatic rings. The molecule has 1 aromatic heterocycles. The SMILES string of the molecule is COc1cc(-c2ccc(OC(C)(C)C)cc2)c2ncc(C(=O)NCCO)cc2c1. The molecule has 0 atom stereocenters. The summed E-state index contributed by atoms with van der Waals surface area (Å²) < 4.78 is 11.3. The molecule has 3 aromatic rings. The molecule has 0 unspecified atom stereocenters. The van der Waals surface area contributed by atoms with Gasteiger partial charge in [-0.3, -0.25) is 9.78 Å². The number of fused-ring (bicyclic) bond motifs is 1. The van der Waals surface area contributed by atoms with Crippen LogP contribution in [0.2, 0.25) is 0 Å². The number of nitrogens with one attached hydrogen (secondary N) is 1. The van der Waals surface area contributed by atoms with E-state index in [0.717, 1.165) is 27.8 Å². The van der Waals surface area contributed by atoms with Gasteiger partial charge in [0.25, 0.3) is 5.91 Å². The predicted molar refractivity (Wildman–Crippen MR) is 114 cm³/mol. The van der Waals surface area contributed by atoms with Gasteiger partial charge in [-0.1, -0.05) is 12.1 Å². The van der Waals surface area contributed by atoms with Gasteiger partial charge in [0.15, 0.2) is 0 Å². The van der Waals surface area contributed by atoms with Crippen molar-refractivity contribution >= 4 is 16.8 Å². The van der Waals surface area contributed by atoms with E-state index in [0.29, 0.717) is 11.3 Å². The van der Waals surface area contributed by atoms with Gasteiger partial charge in [-0.05, 0) is 56.7 Å². The lowest BCUT2D eigenvalue weighted by Gasteiger charge is -2.21. The lowest BCUT2D eigenvalue weighted by atomic mass is 10.0. The third kappa shape index (κ3) is 5.03. The fourth-order valence-electron chi connectivity index (χ4n) is 3.01. The fourth-order valence-corrected chi connectivity index (χ4v) is 3.01. The molecule has 0 bridgehead atoms. The smallest absolute Gasteiger partial charge is 0.252 e. The first-order valence-corrected chi connectivity index (χ1v) is 9.47. The van der Waals surface area contributed by atoms with Crippen molar-refractivity contribution in [2.24, 2.45) is 0 Å². The van der Waals surface area contributed by atoms with Crippen LogP contribution in [0.15, 0.2) is 48.7 Å². The summed E-state index contributed by atoms with van der Waals surface area (Å²) in [5.74, 6) is 1.20. The van der Waals surface area contributed by atoms with Crippen molar-refractivity contribution in [3.8, 4) is 22.6 Å². The minimum Gasteiger partial charge on any atom is -0.497 e. The molecule has 0 saturated carbocycles. The molecule has 1 heterocycles. The number of hydrogen-bond acceptors (Lipinski definition) is 5. The molecule has 152 valence electrons. The molecular formula is C23H26N2O4. The van der Waals surface area contributed by atoms with E-state index in [9.17, 15) is 4.79 Å². The zero-order valence-electron chi connectivity index (χ0n) is 17.2. The summed E-state index contributed by atoms with van der Waals surface area (Å²) in [5, 5.41) is 12.3. The van der Waals surface area contributed by atoms with Gasteiger partial charge in [-0.25, -0.2) is 0 Å². The van der Waals surface area contributed by atoms with Crippen molar-refractivity contribution in [1.29, 1.82) is 0 Å². The average molecular weight is 394 g/mol. The van der Waals surface area contributed by atoms with E-state index in [4.69, 9.17) is 14.6 Å². The maximum Gasteiger partial charge on any atom is 0.252 e. The third-order valence-corrected chi connectivity index (χ3v) is 4.24. The van der Waals surface area contributed by atoms with E-state index >= 15 is 0 Å². The lowest BCUT2D eigenvalue weighted by molar-refractivity contribution is 0.0944. The van der Waals surface area contributed by atoms with Gasteiger partial charge in [0.1, 0.15) is 17.1 Å². The summed E-state index contributed by atoms with van der Waals surface area (Å²) >= 11 is 0. The highest BCUT2D eigenvalue weighted by Gasteiger charge is 2.14. The van der Waals surface area contributed by atoms with Gasteiger partial charge in [0.05, 0.1) is 24.8 Å². The second kappa shape index (κ2) is 8.49.